The van der Waals surface area contributed by atoms with Gasteiger partial charge in [-0.05, 0) is 69.5 Å². The Hall–Kier alpha value is -2.60. The molecule has 0 aliphatic heterocycles. The first-order valence-corrected chi connectivity index (χ1v) is 10.8. The molecule has 0 spiro atoms. The zero-order chi connectivity index (χ0) is 20.6. The van der Waals surface area contributed by atoms with Gasteiger partial charge in [0.25, 0.3) is 0 Å². The van der Waals surface area contributed by atoms with Gasteiger partial charge in [0.1, 0.15) is 0 Å². The highest BCUT2D eigenvalue weighted by atomic mass is 14.4. The molecule has 0 nitrogen and oxygen atoms in total. The van der Waals surface area contributed by atoms with Crippen molar-refractivity contribution < 1.29 is 0 Å². The Morgan fingerprint density at radius 2 is 1.28 bits per heavy atom. The largest absolute Gasteiger partial charge is 0.0622 e. The second-order valence-electron chi connectivity index (χ2n) is 9.84. The second-order valence-corrected chi connectivity index (χ2v) is 9.84. The zero-order valence-corrected chi connectivity index (χ0v) is 18.4. The van der Waals surface area contributed by atoms with Crippen molar-refractivity contribution in [2.75, 3.05) is 0 Å². The van der Waals surface area contributed by atoms with E-state index in [1.807, 2.05) is 0 Å². The van der Waals surface area contributed by atoms with Crippen LogP contribution in [0.2, 0.25) is 0 Å². The topological polar surface area (TPSA) is 0 Å². The Labute approximate surface area is 176 Å². The van der Waals surface area contributed by atoms with Gasteiger partial charge in [-0.2, -0.15) is 0 Å². The van der Waals surface area contributed by atoms with Crippen molar-refractivity contribution in [2.45, 2.75) is 58.3 Å². The minimum Gasteiger partial charge on any atom is -0.0622 e. The van der Waals surface area contributed by atoms with Gasteiger partial charge in [-0.1, -0.05) is 107 Å². The van der Waals surface area contributed by atoms with E-state index in [0.717, 1.165) is 0 Å². The van der Waals surface area contributed by atoms with Crippen LogP contribution in [0, 0.1) is 0 Å². The molecular formula is C29H32. The van der Waals surface area contributed by atoms with Crippen molar-refractivity contribution in [1.29, 1.82) is 0 Å². The standard InChI is InChI=1S/C29H32/c1-21(19-22-11-13-24(14-12-22)23-9-7-6-8-10-23)25-15-16-26-27(20-25)29(4,5)18-17-28(26,2)3/h6-16,19-20H,17-18H2,1-5H3/b21-19-. The van der Waals surface area contributed by atoms with Gasteiger partial charge in [0.15, 0.2) is 0 Å². The quantitative estimate of drug-likeness (QED) is 0.401. The molecule has 0 heteroatoms. The molecule has 148 valence electrons. The summed E-state index contributed by atoms with van der Waals surface area (Å²) in [6.45, 7) is 11.8. The number of hydrogen-bond donors (Lipinski definition) is 0. The van der Waals surface area contributed by atoms with Gasteiger partial charge in [-0.25, -0.2) is 0 Å². The zero-order valence-electron chi connectivity index (χ0n) is 18.4. The predicted octanol–water partition coefficient (Wildman–Crippen LogP) is 8.26. The molecule has 4 rings (SSSR count). The van der Waals surface area contributed by atoms with Crippen molar-refractivity contribution in [3.8, 4) is 11.1 Å². The lowest BCUT2D eigenvalue weighted by Crippen LogP contribution is -2.33. The third-order valence-corrected chi connectivity index (χ3v) is 6.71. The van der Waals surface area contributed by atoms with E-state index >= 15 is 0 Å². The first-order chi connectivity index (χ1) is 13.8. The summed E-state index contributed by atoms with van der Waals surface area (Å²) in [5.74, 6) is 0. The van der Waals surface area contributed by atoms with Crippen LogP contribution in [0.1, 0.15) is 69.7 Å². The fraction of sp³-hybridized carbons (Fsp3) is 0.310. The average Bonchev–Trinajstić information content (AvgIpc) is 2.72. The third-order valence-electron chi connectivity index (χ3n) is 6.71. The SMILES string of the molecule is C/C(=C/c1ccc(-c2ccccc2)cc1)c1ccc2c(c1)C(C)(C)CCC2(C)C. The molecule has 0 radical (unpaired) electrons. The number of rotatable bonds is 3. The Bertz CT molecular complexity index is 1030. The second kappa shape index (κ2) is 7.34. The molecular weight excluding hydrogens is 348 g/mol. The third kappa shape index (κ3) is 3.94. The first-order valence-electron chi connectivity index (χ1n) is 10.8. The summed E-state index contributed by atoms with van der Waals surface area (Å²) in [5, 5.41) is 0. The smallest absolute Gasteiger partial charge is 0.0100 e. The van der Waals surface area contributed by atoms with Crippen molar-refractivity contribution >= 4 is 11.6 Å². The molecule has 3 aromatic carbocycles. The summed E-state index contributed by atoms with van der Waals surface area (Å²) in [6.07, 6.45) is 4.81. The lowest BCUT2D eigenvalue weighted by molar-refractivity contribution is 0.332. The van der Waals surface area contributed by atoms with Crippen molar-refractivity contribution in [1.82, 2.24) is 0 Å². The van der Waals surface area contributed by atoms with E-state index in [1.165, 1.54) is 51.8 Å². The van der Waals surface area contributed by atoms with Gasteiger partial charge in [0.2, 0.25) is 0 Å². The highest BCUT2D eigenvalue weighted by Crippen LogP contribution is 2.46. The van der Waals surface area contributed by atoms with Gasteiger partial charge in [0.05, 0.1) is 0 Å². The maximum Gasteiger partial charge on any atom is -0.0100 e. The van der Waals surface area contributed by atoms with Gasteiger partial charge in [-0.3, -0.25) is 0 Å². The van der Waals surface area contributed by atoms with Gasteiger partial charge < -0.3 is 0 Å². The molecule has 1 aliphatic rings. The normalized spacial score (nSPS) is 17.6. The van der Waals surface area contributed by atoms with E-state index < -0.39 is 0 Å². The Morgan fingerprint density at radius 1 is 0.690 bits per heavy atom. The van der Waals surface area contributed by atoms with E-state index in [4.69, 9.17) is 0 Å². The van der Waals surface area contributed by atoms with Gasteiger partial charge in [0, 0.05) is 0 Å². The van der Waals surface area contributed by atoms with Crippen LogP contribution in [0.15, 0.2) is 72.8 Å². The van der Waals surface area contributed by atoms with Crippen molar-refractivity contribution in [3.63, 3.8) is 0 Å². The summed E-state index contributed by atoms with van der Waals surface area (Å²) in [6, 6.07) is 26.6. The van der Waals surface area contributed by atoms with Gasteiger partial charge >= 0.3 is 0 Å². The van der Waals surface area contributed by atoms with Crippen LogP contribution < -0.4 is 0 Å². The molecule has 3 aromatic rings. The van der Waals surface area contributed by atoms with Crippen LogP contribution in [0.5, 0.6) is 0 Å². The van der Waals surface area contributed by atoms with Crippen LogP contribution in [-0.2, 0) is 10.8 Å². The number of benzene rings is 3. The fourth-order valence-corrected chi connectivity index (χ4v) is 4.57. The summed E-state index contributed by atoms with van der Waals surface area (Å²) in [5.41, 5.74) is 10.0. The molecule has 0 saturated carbocycles. The van der Waals surface area contributed by atoms with Crippen LogP contribution in [0.4, 0.5) is 0 Å². The molecule has 0 heterocycles. The monoisotopic (exact) mass is 380 g/mol. The Kier molecular flexibility index (Phi) is 4.99. The summed E-state index contributed by atoms with van der Waals surface area (Å²) < 4.78 is 0. The van der Waals surface area contributed by atoms with E-state index in [1.54, 1.807) is 0 Å². The molecule has 1 aliphatic carbocycles. The summed E-state index contributed by atoms with van der Waals surface area (Å²) >= 11 is 0. The first kappa shape index (κ1) is 19.7. The molecule has 0 fully saturated rings. The maximum absolute atomic E-state index is 2.44. The summed E-state index contributed by atoms with van der Waals surface area (Å²) in [7, 11) is 0. The summed E-state index contributed by atoms with van der Waals surface area (Å²) in [4.78, 5) is 0. The Balaban J connectivity index is 1.65. The molecule has 0 amide bonds. The molecule has 29 heavy (non-hydrogen) atoms. The van der Waals surface area contributed by atoms with Gasteiger partial charge in [-0.15, -0.1) is 0 Å². The molecule has 0 N–H and O–H groups in total. The van der Waals surface area contributed by atoms with Crippen LogP contribution in [-0.4, -0.2) is 0 Å². The predicted molar refractivity (Wildman–Crippen MR) is 127 cm³/mol. The van der Waals surface area contributed by atoms with E-state index in [-0.39, 0.29) is 10.8 Å². The maximum atomic E-state index is 2.44. The molecule has 0 saturated heterocycles. The molecule has 0 bridgehead atoms. The van der Waals surface area contributed by atoms with Crippen molar-refractivity contribution in [2.24, 2.45) is 0 Å². The highest BCUT2D eigenvalue weighted by Gasteiger charge is 2.36. The van der Waals surface area contributed by atoms with E-state index in [0.29, 0.717) is 0 Å². The van der Waals surface area contributed by atoms with E-state index in [9.17, 15) is 0 Å². The average molecular weight is 381 g/mol. The number of allylic oxidation sites excluding steroid dienone is 1. The van der Waals surface area contributed by atoms with Crippen LogP contribution in [0.25, 0.3) is 22.8 Å². The van der Waals surface area contributed by atoms with Crippen LogP contribution >= 0.6 is 0 Å². The number of fused-ring (bicyclic) bond motifs is 1. The fourth-order valence-electron chi connectivity index (χ4n) is 4.57. The lowest BCUT2D eigenvalue weighted by atomic mass is 9.63. The molecule has 0 unspecified atom stereocenters. The Morgan fingerprint density at radius 3 is 1.93 bits per heavy atom. The lowest BCUT2D eigenvalue weighted by Gasteiger charge is -2.42. The van der Waals surface area contributed by atoms with Crippen molar-refractivity contribution in [3.05, 3.63) is 95.1 Å². The molecule has 0 atom stereocenters. The minimum atomic E-state index is 0.248. The van der Waals surface area contributed by atoms with Crippen LogP contribution in [0.3, 0.4) is 0 Å². The highest BCUT2D eigenvalue weighted by molar-refractivity contribution is 5.81. The van der Waals surface area contributed by atoms with E-state index in [2.05, 4.69) is 113 Å². The molecule has 0 aromatic heterocycles. The number of hydrogen-bond acceptors (Lipinski definition) is 0. The minimum absolute atomic E-state index is 0.248.